The van der Waals surface area contributed by atoms with Gasteiger partial charge in [0.05, 0.1) is 12.5 Å². The SMILES string of the molecule is CCOC(=O)C1CCCN(C(=NCC(=O)N(C)C)NCCc2ccccc2)C1.I. The van der Waals surface area contributed by atoms with E-state index < -0.39 is 0 Å². The number of esters is 1. The van der Waals surface area contributed by atoms with Gasteiger partial charge in [-0.25, -0.2) is 4.99 Å². The maximum absolute atomic E-state index is 12.2. The molecule has 0 aromatic heterocycles. The number of carbonyl (C=O) groups is 2. The molecule has 162 valence electrons. The van der Waals surface area contributed by atoms with E-state index in [0.717, 1.165) is 25.8 Å². The Morgan fingerprint density at radius 3 is 2.66 bits per heavy atom. The first-order valence-electron chi connectivity index (χ1n) is 9.95. The molecule has 1 N–H and O–H groups in total. The second-order valence-electron chi connectivity index (χ2n) is 7.13. The molecule has 1 aliphatic heterocycles. The topological polar surface area (TPSA) is 74.2 Å². The predicted octanol–water partition coefficient (Wildman–Crippen LogP) is 2.16. The van der Waals surface area contributed by atoms with Gasteiger partial charge in [-0.3, -0.25) is 9.59 Å². The number of carbonyl (C=O) groups excluding carboxylic acids is 2. The van der Waals surface area contributed by atoms with E-state index in [1.54, 1.807) is 14.1 Å². The van der Waals surface area contributed by atoms with Crippen LogP contribution in [0.3, 0.4) is 0 Å². The van der Waals surface area contributed by atoms with Crippen molar-refractivity contribution in [2.75, 3.05) is 46.9 Å². The van der Waals surface area contributed by atoms with Gasteiger partial charge in [-0.1, -0.05) is 30.3 Å². The summed E-state index contributed by atoms with van der Waals surface area (Å²) in [5, 5.41) is 3.38. The Morgan fingerprint density at radius 1 is 1.28 bits per heavy atom. The number of benzene rings is 1. The Morgan fingerprint density at radius 2 is 2.00 bits per heavy atom. The second-order valence-corrected chi connectivity index (χ2v) is 7.13. The molecular weight excluding hydrogens is 483 g/mol. The van der Waals surface area contributed by atoms with Crippen molar-refractivity contribution in [3.8, 4) is 0 Å². The van der Waals surface area contributed by atoms with E-state index in [1.165, 1.54) is 10.5 Å². The van der Waals surface area contributed by atoms with Gasteiger partial charge in [-0.15, -0.1) is 24.0 Å². The summed E-state index contributed by atoms with van der Waals surface area (Å²) in [5.74, 6) is 0.320. The third kappa shape index (κ3) is 8.59. The molecule has 1 heterocycles. The Kier molecular flexibility index (Phi) is 11.6. The molecule has 8 heteroatoms. The Balaban J connectivity index is 0.00000420. The molecule has 0 spiro atoms. The molecule has 1 aromatic carbocycles. The largest absolute Gasteiger partial charge is 0.466 e. The Hall–Kier alpha value is -1.84. The summed E-state index contributed by atoms with van der Waals surface area (Å²) < 4.78 is 5.19. The molecule has 0 bridgehead atoms. The summed E-state index contributed by atoms with van der Waals surface area (Å²) in [6.07, 6.45) is 2.57. The maximum atomic E-state index is 12.2. The fourth-order valence-corrected chi connectivity index (χ4v) is 3.14. The summed E-state index contributed by atoms with van der Waals surface area (Å²) >= 11 is 0. The number of piperidine rings is 1. The molecule has 0 saturated carbocycles. The number of hydrogen-bond donors (Lipinski definition) is 1. The highest BCUT2D eigenvalue weighted by atomic mass is 127. The second kappa shape index (κ2) is 13.4. The van der Waals surface area contributed by atoms with E-state index in [1.807, 2.05) is 25.1 Å². The van der Waals surface area contributed by atoms with E-state index in [9.17, 15) is 9.59 Å². The van der Waals surface area contributed by atoms with Crippen LogP contribution in [-0.2, 0) is 20.7 Å². The van der Waals surface area contributed by atoms with Crippen LogP contribution in [0, 0.1) is 5.92 Å². The van der Waals surface area contributed by atoms with E-state index >= 15 is 0 Å². The number of nitrogens with one attached hydrogen (secondary N) is 1. The molecule has 0 aliphatic carbocycles. The lowest BCUT2D eigenvalue weighted by atomic mass is 9.98. The van der Waals surface area contributed by atoms with Crippen LogP contribution >= 0.6 is 24.0 Å². The minimum absolute atomic E-state index is 0. The number of rotatable bonds is 7. The number of aliphatic imine (C=N–C) groups is 1. The van der Waals surface area contributed by atoms with Gasteiger partial charge in [-0.2, -0.15) is 0 Å². The summed E-state index contributed by atoms with van der Waals surface area (Å²) in [7, 11) is 3.44. The molecule has 1 fully saturated rings. The van der Waals surface area contributed by atoms with Crippen molar-refractivity contribution < 1.29 is 14.3 Å². The minimum atomic E-state index is -0.153. The summed E-state index contributed by atoms with van der Waals surface area (Å²) in [5.41, 5.74) is 1.24. The van der Waals surface area contributed by atoms with E-state index in [-0.39, 0.29) is 48.3 Å². The van der Waals surface area contributed by atoms with Gasteiger partial charge in [0.15, 0.2) is 5.96 Å². The zero-order valence-electron chi connectivity index (χ0n) is 17.6. The quantitative estimate of drug-likeness (QED) is 0.260. The van der Waals surface area contributed by atoms with Crippen molar-refractivity contribution in [3.63, 3.8) is 0 Å². The van der Waals surface area contributed by atoms with Crippen molar-refractivity contribution in [2.24, 2.45) is 10.9 Å². The summed E-state index contributed by atoms with van der Waals surface area (Å²) in [4.78, 5) is 32.3. The standard InChI is InChI=1S/C21H32N4O3.HI/c1-4-28-20(27)18-11-8-14-25(16-18)21(23-15-19(26)24(2)3)22-13-12-17-9-6-5-7-10-17;/h5-7,9-10,18H,4,8,11-16H2,1-3H3,(H,22,23);1H. The zero-order chi connectivity index (χ0) is 20.4. The third-order valence-electron chi connectivity index (χ3n) is 4.74. The average molecular weight is 516 g/mol. The molecular formula is C21H33IN4O3. The van der Waals surface area contributed by atoms with Gasteiger partial charge in [0.2, 0.25) is 5.91 Å². The minimum Gasteiger partial charge on any atom is -0.466 e. The summed E-state index contributed by atoms with van der Waals surface area (Å²) in [6.45, 7) is 4.38. The van der Waals surface area contributed by atoms with Crippen molar-refractivity contribution in [2.45, 2.75) is 26.2 Å². The van der Waals surface area contributed by atoms with E-state index in [0.29, 0.717) is 25.7 Å². The molecule has 1 unspecified atom stereocenters. The molecule has 1 saturated heterocycles. The van der Waals surface area contributed by atoms with Crippen LogP contribution in [0.1, 0.15) is 25.3 Å². The molecule has 1 atom stereocenters. The number of halogens is 1. The van der Waals surface area contributed by atoms with Crippen LogP contribution < -0.4 is 5.32 Å². The van der Waals surface area contributed by atoms with Crippen molar-refractivity contribution in [1.82, 2.24) is 15.1 Å². The number of likely N-dealkylation sites (N-methyl/N-ethyl adjacent to an activating group) is 1. The third-order valence-corrected chi connectivity index (χ3v) is 4.74. The molecule has 0 radical (unpaired) electrons. The van der Waals surface area contributed by atoms with Gasteiger partial charge in [-0.05, 0) is 31.7 Å². The van der Waals surface area contributed by atoms with E-state index in [2.05, 4.69) is 27.3 Å². The molecule has 2 rings (SSSR count). The monoisotopic (exact) mass is 516 g/mol. The number of ether oxygens (including phenoxy) is 1. The number of guanidine groups is 1. The molecule has 1 aliphatic rings. The lowest BCUT2D eigenvalue weighted by molar-refractivity contribution is -0.149. The van der Waals surface area contributed by atoms with Crippen LogP contribution in [0.4, 0.5) is 0 Å². The first-order chi connectivity index (χ1) is 13.5. The van der Waals surface area contributed by atoms with Crippen molar-refractivity contribution in [1.29, 1.82) is 0 Å². The van der Waals surface area contributed by atoms with E-state index in [4.69, 9.17) is 4.74 Å². The van der Waals surface area contributed by atoms with Crippen LogP contribution in [0.25, 0.3) is 0 Å². The van der Waals surface area contributed by atoms with Crippen LogP contribution in [-0.4, -0.2) is 74.5 Å². The number of amides is 1. The van der Waals surface area contributed by atoms with Crippen LogP contribution in [0.2, 0.25) is 0 Å². The Bertz CT molecular complexity index is 667. The highest BCUT2D eigenvalue weighted by molar-refractivity contribution is 14.0. The lowest BCUT2D eigenvalue weighted by Gasteiger charge is -2.34. The molecule has 7 nitrogen and oxygen atoms in total. The van der Waals surface area contributed by atoms with Crippen molar-refractivity contribution in [3.05, 3.63) is 35.9 Å². The average Bonchev–Trinajstić information content (AvgIpc) is 2.71. The fraction of sp³-hybridized carbons (Fsp3) is 0.571. The number of hydrogen-bond acceptors (Lipinski definition) is 4. The van der Waals surface area contributed by atoms with Crippen LogP contribution in [0.15, 0.2) is 35.3 Å². The van der Waals surface area contributed by atoms with Crippen LogP contribution in [0.5, 0.6) is 0 Å². The van der Waals surface area contributed by atoms with Crippen molar-refractivity contribution >= 4 is 41.8 Å². The smallest absolute Gasteiger partial charge is 0.310 e. The lowest BCUT2D eigenvalue weighted by Crippen LogP contribution is -2.49. The zero-order valence-corrected chi connectivity index (χ0v) is 19.9. The molecule has 29 heavy (non-hydrogen) atoms. The predicted molar refractivity (Wildman–Crippen MR) is 125 cm³/mol. The number of nitrogens with zero attached hydrogens (tertiary/aromatic N) is 3. The number of likely N-dealkylation sites (tertiary alicyclic amines) is 1. The van der Waals surface area contributed by atoms with Gasteiger partial charge < -0.3 is 19.9 Å². The highest BCUT2D eigenvalue weighted by Gasteiger charge is 2.28. The molecule has 1 amide bonds. The molecule has 1 aromatic rings. The van der Waals surface area contributed by atoms with Gasteiger partial charge in [0.25, 0.3) is 0 Å². The maximum Gasteiger partial charge on any atom is 0.310 e. The summed E-state index contributed by atoms with van der Waals surface area (Å²) in [6, 6.07) is 10.2. The van der Waals surface area contributed by atoms with Gasteiger partial charge in [0, 0.05) is 33.7 Å². The van der Waals surface area contributed by atoms with Gasteiger partial charge >= 0.3 is 5.97 Å². The fourth-order valence-electron chi connectivity index (χ4n) is 3.14. The van der Waals surface area contributed by atoms with Gasteiger partial charge in [0.1, 0.15) is 6.54 Å². The first kappa shape index (κ1) is 25.2. The highest BCUT2D eigenvalue weighted by Crippen LogP contribution is 2.18. The Labute approximate surface area is 190 Å². The normalized spacial score (nSPS) is 16.6. The first-order valence-corrected chi connectivity index (χ1v) is 9.95.